The van der Waals surface area contributed by atoms with E-state index in [-0.39, 0.29) is 6.04 Å². The van der Waals surface area contributed by atoms with Crippen molar-refractivity contribution in [1.29, 1.82) is 0 Å². The summed E-state index contributed by atoms with van der Waals surface area (Å²) in [5.74, 6) is -0.619. The molecule has 0 fully saturated rings. The van der Waals surface area contributed by atoms with Crippen LogP contribution in [0.5, 0.6) is 0 Å². The zero-order valence-electron chi connectivity index (χ0n) is 13.2. The third-order valence-electron chi connectivity index (χ3n) is 3.71. The lowest BCUT2D eigenvalue weighted by Crippen LogP contribution is -1.99. The SMILES string of the molecule is CCC(N=Cc1ccc(C(C)C)cc1)c1ccc(F)cc1F. The third kappa shape index (κ3) is 4.00. The van der Waals surface area contributed by atoms with Crippen LogP contribution in [0.1, 0.15) is 55.8 Å². The monoisotopic (exact) mass is 301 g/mol. The first-order valence-corrected chi connectivity index (χ1v) is 7.59. The van der Waals surface area contributed by atoms with Crippen LogP contribution in [0.2, 0.25) is 0 Å². The smallest absolute Gasteiger partial charge is 0.131 e. The highest BCUT2D eigenvalue weighted by atomic mass is 19.1. The van der Waals surface area contributed by atoms with Crippen molar-refractivity contribution in [3.8, 4) is 0 Å². The molecular weight excluding hydrogens is 280 g/mol. The molecule has 0 aliphatic heterocycles. The van der Waals surface area contributed by atoms with E-state index in [1.165, 1.54) is 17.7 Å². The molecule has 0 aliphatic carbocycles. The second-order valence-electron chi connectivity index (χ2n) is 5.69. The van der Waals surface area contributed by atoms with Gasteiger partial charge in [-0.1, -0.05) is 51.1 Å². The highest BCUT2D eigenvalue weighted by Gasteiger charge is 2.13. The van der Waals surface area contributed by atoms with E-state index in [1.807, 2.05) is 19.1 Å². The standard InChI is InChI=1S/C19H21F2N/c1-4-19(17-10-9-16(20)11-18(17)21)22-12-14-5-7-15(8-6-14)13(2)3/h5-13,19H,4H2,1-3H3. The van der Waals surface area contributed by atoms with Crippen LogP contribution in [0.4, 0.5) is 8.78 Å². The minimum Gasteiger partial charge on any atom is -0.284 e. The van der Waals surface area contributed by atoms with Gasteiger partial charge in [0.1, 0.15) is 11.6 Å². The fourth-order valence-corrected chi connectivity index (χ4v) is 2.32. The quantitative estimate of drug-likeness (QED) is 0.632. The van der Waals surface area contributed by atoms with E-state index in [4.69, 9.17) is 0 Å². The van der Waals surface area contributed by atoms with Crippen LogP contribution in [0.15, 0.2) is 47.5 Å². The number of nitrogens with zero attached hydrogens (tertiary/aromatic N) is 1. The van der Waals surface area contributed by atoms with Gasteiger partial charge >= 0.3 is 0 Å². The van der Waals surface area contributed by atoms with E-state index < -0.39 is 11.6 Å². The number of hydrogen-bond acceptors (Lipinski definition) is 1. The van der Waals surface area contributed by atoms with Crippen LogP contribution in [0.25, 0.3) is 0 Å². The Kier molecular flexibility index (Phi) is 5.42. The molecule has 0 radical (unpaired) electrons. The fraction of sp³-hybridized carbons (Fsp3) is 0.316. The number of aliphatic imine (C=N–C) groups is 1. The number of rotatable bonds is 5. The van der Waals surface area contributed by atoms with Gasteiger partial charge in [-0.05, 0) is 29.5 Å². The zero-order chi connectivity index (χ0) is 16.1. The molecule has 2 aromatic carbocycles. The molecule has 0 bridgehead atoms. The van der Waals surface area contributed by atoms with E-state index in [1.54, 1.807) is 6.21 Å². The van der Waals surface area contributed by atoms with Gasteiger partial charge in [0.15, 0.2) is 0 Å². The summed E-state index contributed by atoms with van der Waals surface area (Å²) in [4.78, 5) is 4.46. The first-order valence-electron chi connectivity index (χ1n) is 7.59. The Morgan fingerprint density at radius 3 is 2.27 bits per heavy atom. The lowest BCUT2D eigenvalue weighted by Gasteiger charge is -2.11. The first-order chi connectivity index (χ1) is 10.5. The second kappa shape index (κ2) is 7.30. The summed E-state index contributed by atoms with van der Waals surface area (Å²) in [6.07, 6.45) is 2.41. The van der Waals surface area contributed by atoms with E-state index >= 15 is 0 Å². The highest BCUT2D eigenvalue weighted by Crippen LogP contribution is 2.24. The van der Waals surface area contributed by atoms with Crippen molar-refractivity contribution in [2.45, 2.75) is 39.2 Å². The molecule has 0 amide bonds. The maximum Gasteiger partial charge on any atom is 0.131 e. The first kappa shape index (κ1) is 16.3. The van der Waals surface area contributed by atoms with Crippen LogP contribution in [-0.2, 0) is 0 Å². The Hall–Kier alpha value is -2.03. The van der Waals surface area contributed by atoms with Gasteiger partial charge in [-0.3, -0.25) is 4.99 Å². The fourth-order valence-electron chi connectivity index (χ4n) is 2.32. The molecule has 1 atom stereocenters. The summed E-state index contributed by atoms with van der Waals surface area (Å²) in [5.41, 5.74) is 2.68. The Labute approximate surface area is 130 Å². The van der Waals surface area contributed by atoms with Gasteiger partial charge in [-0.15, -0.1) is 0 Å². The van der Waals surface area contributed by atoms with Gasteiger partial charge in [0.2, 0.25) is 0 Å². The predicted molar refractivity (Wildman–Crippen MR) is 87.5 cm³/mol. The average Bonchev–Trinajstić information content (AvgIpc) is 2.50. The van der Waals surface area contributed by atoms with Crippen molar-refractivity contribution in [3.63, 3.8) is 0 Å². The number of halogens is 2. The van der Waals surface area contributed by atoms with E-state index in [9.17, 15) is 8.78 Å². The van der Waals surface area contributed by atoms with Gasteiger partial charge in [-0.25, -0.2) is 8.78 Å². The van der Waals surface area contributed by atoms with Crippen LogP contribution in [-0.4, -0.2) is 6.21 Å². The van der Waals surface area contributed by atoms with E-state index in [2.05, 4.69) is 31.0 Å². The Balaban J connectivity index is 2.18. The zero-order valence-corrected chi connectivity index (χ0v) is 13.2. The molecule has 0 spiro atoms. The molecule has 0 aliphatic rings. The normalized spacial score (nSPS) is 13.0. The molecule has 0 heterocycles. The molecule has 0 N–H and O–H groups in total. The molecule has 2 aromatic rings. The van der Waals surface area contributed by atoms with Crippen molar-refractivity contribution < 1.29 is 8.78 Å². The summed E-state index contributed by atoms with van der Waals surface area (Å²) in [6, 6.07) is 11.5. The van der Waals surface area contributed by atoms with Gasteiger partial charge < -0.3 is 0 Å². The number of benzene rings is 2. The molecule has 0 aromatic heterocycles. The lowest BCUT2D eigenvalue weighted by atomic mass is 10.0. The van der Waals surface area contributed by atoms with Gasteiger partial charge in [0.25, 0.3) is 0 Å². The van der Waals surface area contributed by atoms with Crippen molar-refractivity contribution in [2.24, 2.45) is 4.99 Å². The van der Waals surface area contributed by atoms with Crippen molar-refractivity contribution >= 4 is 6.21 Å². The summed E-state index contributed by atoms with van der Waals surface area (Å²) < 4.78 is 26.8. The molecule has 3 heteroatoms. The van der Waals surface area contributed by atoms with Crippen LogP contribution >= 0.6 is 0 Å². The van der Waals surface area contributed by atoms with Gasteiger partial charge in [0, 0.05) is 17.8 Å². The van der Waals surface area contributed by atoms with Crippen LogP contribution in [0.3, 0.4) is 0 Å². The topological polar surface area (TPSA) is 12.4 Å². The van der Waals surface area contributed by atoms with Crippen LogP contribution < -0.4 is 0 Å². The second-order valence-corrected chi connectivity index (χ2v) is 5.69. The third-order valence-corrected chi connectivity index (χ3v) is 3.71. The Bertz CT molecular complexity index is 645. The molecule has 1 unspecified atom stereocenters. The molecule has 0 saturated carbocycles. The number of hydrogen-bond donors (Lipinski definition) is 0. The molecule has 116 valence electrons. The molecular formula is C19H21F2N. The highest BCUT2D eigenvalue weighted by molar-refractivity contribution is 5.79. The maximum atomic E-state index is 13.8. The Morgan fingerprint density at radius 1 is 1.05 bits per heavy atom. The summed E-state index contributed by atoms with van der Waals surface area (Å²) in [5, 5.41) is 0. The minimum atomic E-state index is -0.565. The summed E-state index contributed by atoms with van der Waals surface area (Å²) in [7, 11) is 0. The minimum absolute atomic E-state index is 0.301. The van der Waals surface area contributed by atoms with Crippen molar-refractivity contribution in [3.05, 3.63) is 70.8 Å². The van der Waals surface area contributed by atoms with Gasteiger partial charge in [-0.2, -0.15) is 0 Å². The lowest BCUT2D eigenvalue weighted by molar-refractivity contribution is 0.552. The van der Waals surface area contributed by atoms with E-state index in [0.717, 1.165) is 11.6 Å². The van der Waals surface area contributed by atoms with E-state index in [0.29, 0.717) is 17.9 Å². The molecule has 22 heavy (non-hydrogen) atoms. The van der Waals surface area contributed by atoms with Crippen molar-refractivity contribution in [2.75, 3.05) is 0 Å². The molecule has 2 rings (SSSR count). The summed E-state index contributed by atoms with van der Waals surface area (Å²) in [6.45, 7) is 6.23. The van der Waals surface area contributed by atoms with Crippen molar-refractivity contribution in [1.82, 2.24) is 0 Å². The molecule has 1 nitrogen and oxygen atoms in total. The predicted octanol–water partition coefficient (Wildman–Crippen LogP) is 5.66. The maximum absolute atomic E-state index is 13.8. The largest absolute Gasteiger partial charge is 0.284 e. The molecule has 0 saturated heterocycles. The average molecular weight is 301 g/mol. The Morgan fingerprint density at radius 2 is 1.73 bits per heavy atom. The van der Waals surface area contributed by atoms with Crippen LogP contribution in [0, 0.1) is 11.6 Å². The summed E-state index contributed by atoms with van der Waals surface area (Å²) >= 11 is 0. The van der Waals surface area contributed by atoms with Gasteiger partial charge in [0.05, 0.1) is 6.04 Å².